The van der Waals surface area contributed by atoms with Crippen molar-refractivity contribution in [1.29, 1.82) is 0 Å². The molecule has 0 aliphatic carbocycles. The molecular weight excluding hydrogens is 362 g/mol. The lowest BCUT2D eigenvalue weighted by atomic mass is 10.1. The zero-order chi connectivity index (χ0) is 18.4. The number of carbonyl (C=O) groups excluding carboxylic acids is 1. The Balaban J connectivity index is 1.97. The molecule has 1 fully saturated rings. The van der Waals surface area contributed by atoms with Crippen LogP contribution in [0.1, 0.15) is 35.5 Å². The molecule has 26 heavy (non-hydrogen) atoms. The Labute approximate surface area is 152 Å². The monoisotopic (exact) mass is 380 g/mol. The normalized spacial score (nSPS) is 18.7. The fraction of sp³-hybridized carbons (Fsp3) is 0.444. The Morgan fingerprint density at radius 1 is 1.35 bits per heavy atom. The maximum absolute atomic E-state index is 14.7. The minimum absolute atomic E-state index is 0.0796. The van der Waals surface area contributed by atoms with Crippen LogP contribution in [0, 0.1) is 5.82 Å². The van der Waals surface area contributed by atoms with Crippen LogP contribution in [-0.4, -0.2) is 36.9 Å². The van der Waals surface area contributed by atoms with E-state index in [4.69, 9.17) is 4.74 Å². The van der Waals surface area contributed by atoms with E-state index in [1.54, 1.807) is 17.6 Å². The van der Waals surface area contributed by atoms with Gasteiger partial charge in [0.25, 0.3) is 0 Å². The van der Waals surface area contributed by atoms with Crippen molar-refractivity contribution in [2.24, 2.45) is 0 Å². The van der Waals surface area contributed by atoms with Gasteiger partial charge in [-0.15, -0.1) is 0 Å². The lowest BCUT2D eigenvalue weighted by molar-refractivity contribution is 0.0518. The quantitative estimate of drug-likeness (QED) is 0.760. The van der Waals surface area contributed by atoms with Gasteiger partial charge in [-0.05, 0) is 31.9 Å². The molecule has 2 aliphatic heterocycles. The van der Waals surface area contributed by atoms with Gasteiger partial charge in [-0.25, -0.2) is 13.6 Å². The van der Waals surface area contributed by atoms with Crippen molar-refractivity contribution < 1.29 is 18.3 Å². The van der Waals surface area contributed by atoms with E-state index in [2.05, 4.69) is 0 Å². The fourth-order valence-corrected chi connectivity index (χ4v) is 4.73. The first kappa shape index (κ1) is 17.3. The summed E-state index contributed by atoms with van der Waals surface area (Å²) in [7, 11) is 0. The summed E-state index contributed by atoms with van der Waals surface area (Å²) in [5.74, 6) is -1.26. The molecule has 138 valence electrons. The number of pyridine rings is 1. The van der Waals surface area contributed by atoms with Crippen LogP contribution in [0.3, 0.4) is 0 Å². The Morgan fingerprint density at radius 2 is 2.08 bits per heavy atom. The highest BCUT2D eigenvalue weighted by atomic mass is 32.2. The number of esters is 1. The third-order valence-corrected chi connectivity index (χ3v) is 6.06. The summed E-state index contributed by atoms with van der Waals surface area (Å²) in [6.07, 6.45) is 1.97. The molecular formula is C18H18F2N2O3S. The van der Waals surface area contributed by atoms with E-state index < -0.39 is 29.3 Å². The van der Waals surface area contributed by atoms with Gasteiger partial charge in [0.1, 0.15) is 23.4 Å². The number of anilines is 1. The van der Waals surface area contributed by atoms with Gasteiger partial charge < -0.3 is 14.2 Å². The molecule has 1 aromatic carbocycles. The first-order chi connectivity index (χ1) is 12.6. The molecule has 4 rings (SSSR count). The fourth-order valence-electron chi connectivity index (χ4n) is 3.61. The first-order valence-corrected chi connectivity index (χ1v) is 9.51. The molecule has 2 aliphatic rings. The summed E-state index contributed by atoms with van der Waals surface area (Å²) in [6, 6.07) is 2.78. The number of benzene rings is 1. The zero-order valence-electron chi connectivity index (χ0n) is 14.3. The van der Waals surface area contributed by atoms with Crippen LogP contribution in [-0.2, 0) is 4.74 Å². The Hall–Kier alpha value is -2.09. The molecule has 3 heterocycles. The second kappa shape index (κ2) is 6.57. The topological polar surface area (TPSA) is 51.5 Å². The highest BCUT2D eigenvalue weighted by molar-refractivity contribution is 8.00. The van der Waals surface area contributed by atoms with Crippen molar-refractivity contribution in [3.8, 4) is 0 Å². The number of ether oxygens (including phenoxy) is 1. The maximum Gasteiger partial charge on any atom is 0.344 e. The van der Waals surface area contributed by atoms with Crippen LogP contribution >= 0.6 is 11.8 Å². The largest absolute Gasteiger partial charge is 0.462 e. The Morgan fingerprint density at radius 3 is 2.73 bits per heavy atom. The minimum atomic E-state index is -0.753. The van der Waals surface area contributed by atoms with Crippen molar-refractivity contribution >= 4 is 34.3 Å². The van der Waals surface area contributed by atoms with Gasteiger partial charge in [0.15, 0.2) is 0 Å². The van der Waals surface area contributed by atoms with Crippen molar-refractivity contribution in [3.63, 3.8) is 0 Å². The number of thioether (sulfide) groups is 1. The molecule has 8 heteroatoms. The van der Waals surface area contributed by atoms with E-state index in [1.165, 1.54) is 6.07 Å². The van der Waals surface area contributed by atoms with Crippen LogP contribution in [0.15, 0.2) is 22.0 Å². The third-order valence-electron chi connectivity index (χ3n) is 4.82. The van der Waals surface area contributed by atoms with E-state index in [9.17, 15) is 18.4 Å². The summed E-state index contributed by atoms with van der Waals surface area (Å²) in [5.41, 5.74) is 0.175. The van der Waals surface area contributed by atoms with Crippen LogP contribution in [0.25, 0.3) is 10.9 Å². The molecule has 1 unspecified atom stereocenters. The Bertz CT molecular complexity index is 954. The van der Waals surface area contributed by atoms with Crippen LogP contribution < -0.4 is 10.3 Å². The number of alkyl halides is 1. The molecule has 0 radical (unpaired) electrons. The van der Waals surface area contributed by atoms with Crippen molar-refractivity contribution in [2.45, 2.75) is 30.2 Å². The van der Waals surface area contributed by atoms with Crippen LogP contribution in [0.5, 0.6) is 0 Å². The minimum Gasteiger partial charge on any atom is -0.462 e. The summed E-state index contributed by atoms with van der Waals surface area (Å²) >= 11 is 1.13. The smallest absolute Gasteiger partial charge is 0.344 e. The molecule has 0 saturated carbocycles. The van der Waals surface area contributed by atoms with Gasteiger partial charge in [-0.2, -0.15) is 0 Å². The molecule has 1 saturated heterocycles. The number of hydrogen-bond donors (Lipinski definition) is 0. The molecule has 1 aromatic heterocycles. The molecule has 2 aromatic rings. The lowest BCUT2D eigenvalue weighted by Crippen LogP contribution is -2.31. The predicted octanol–water partition coefficient (Wildman–Crippen LogP) is 3.49. The molecule has 0 N–H and O–H groups in total. The van der Waals surface area contributed by atoms with Crippen LogP contribution in [0.2, 0.25) is 0 Å². The summed E-state index contributed by atoms with van der Waals surface area (Å²) in [4.78, 5) is 27.0. The van der Waals surface area contributed by atoms with Gasteiger partial charge in [-0.1, -0.05) is 11.8 Å². The predicted molar refractivity (Wildman–Crippen MR) is 96.4 cm³/mol. The average Bonchev–Trinajstić information content (AvgIpc) is 3.12. The molecule has 0 spiro atoms. The standard InChI is InChI=1S/C18H18F2N2O3S/c1-2-25-18(24)15-16(23)10-7-11(20)13(21-5-3-4-6-21)8-12(10)22-14(9-19)26-17(15)22/h7-8,14H,2-6,9H2,1H3. The summed E-state index contributed by atoms with van der Waals surface area (Å²) in [5, 5.41) is -0.0586. The number of fused-ring (bicyclic) bond motifs is 3. The van der Waals surface area contributed by atoms with Crippen molar-refractivity contribution in [3.05, 3.63) is 33.7 Å². The average molecular weight is 380 g/mol. The number of nitrogens with zero attached hydrogens (tertiary/aromatic N) is 2. The number of aromatic nitrogens is 1. The third kappa shape index (κ3) is 2.50. The number of hydrogen-bond acceptors (Lipinski definition) is 5. The maximum atomic E-state index is 14.7. The number of rotatable bonds is 4. The molecule has 1 atom stereocenters. The highest BCUT2D eigenvalue weighted by Gasteiger charge is 2.36. The van der Waals surface area contributed by atoms with Crippen LogP contribution in [0.4, 0.5) is 14.5 Å². The number of carbonyl (C=O) groups is 1. The molecule has 5 nitrogen and oxygen atoms in total. The van der Waals surface area contributed by atoms with Gasteiger partial charge in [-0.3, -0.25) is 4.79 Å². The SMILES string of the molecule is CCOC(=O)c1c2n(c3cc(N4CCCC4)c(F)cc3c1=O)C(CF)S2. The van der Waals surface area contributed by atoms with E-state index in [-0.39, 0.29) is 17.6 Å². The molecule has 0 bridgehead atoms. The second-order valence-corrected chi connectivity index (χ2v) is 7.51. The van der Waals surface area contributed by atoms with Gasteiger partial charge in [0.05, 0.1) is 22.8 Å². The summed E-state index contributed by atoms with van der Waals surface area (Å²) in [6.45, 7) is 2.62. The second-order valence-electron chi connectivity index (χ2n) is 6.34. The lowest BCUT2D eigenvalue weighted by Gasteiger charge is -2.34. The van der Waals surface area contributed by atoms with E-state index in [0.717, 1.165) is 37.7 Å². The highest BCUT2D eigenvalue weighted by Crippen LogP contribution is 2.47. The zero-order valence-corrected chi connectivity index (χ0v) is 15.1. The number of halogens is 2. The van der Waals surface area contributed by atoms with Crippen molar-refractivity contribution in [1.82, 2.24) is 4.57 Å². The van der Waals surface area contributed by atoms with E-state index in [0.29, 0.717) is 16.2 Å². The Kier molecular flexibility index (Phi) is 4.38. The molecule has 0 amide bonds. The van der Waals surface area contributed by atoms with E-state index >= 15 is 0 Å². The van der Waals surface area contributed by atoms with Gasteiger partial charge in [0, 0.05) is 18.5 Å². The van der Waals surface area contributed by atoms with Gasteiger partial charge >= 0.3 is 5.97 Å². The first-order valence-electron chi connectivity index (χ1n) is 8.63. The van der Waals surface area contributed by atoms with E-state index in [1.807, 2.05) is 4.90 Å². The van der Waals surface area contributed by atoms with Gasteiger partial charge in [0.2, 0.25) is 5.43 Å². The summed E-state index contributed by atoms with van der Waals surface area (Å²) < 4.78 is 34.7. The van der Waals surface area contributed by atoms with Crippen molar-refractivity contribution in [2.75, 3.05) is 31.3 Å².